The molecule has 4 heteroatoms. The van der Waals surface area contributed by atoms with Crippen molar-refractivity contribution in [3.8, 4) is 0 Å². The van der Waals surface area contributed by atoms with Gasteiger partial charge in [-0.25, -0.2) is 4.98 Å². The van der Waals surface area contributed by atoms with Gasteiger partial charge in [0.15, 0.2) is 11.4 Å². The lowest BCUT2D eigenvalue weighted by Crippen LogP contribution is -2.10. The zero-order valence-corrected chi connectivity index (χ0v) is 12.5. The maximum atomic E-state index is 11.0. The highest BCUT2D eigenvalue weighted by molar-refractivity contribution is 7.17. The molecule has 1 aromatic heterocycles. The summed E-state index contributed by atoms with van der Waals surface area (Å²) in [7, 11) is 1.99. The van der Waals surface area contributed by atoms with Crippen LogP contribution in [0.2, 0.25) is 0 Å². The van der Waals surface area contributed by atoms with Crippen molar-refractivity contribution in [3.05, 3.63) is 39.9 Å². The number of rotatable bonds is 4. The summed E-state index contributed by atoms with van der Waals surface area (Å²) in [4.78, 5) is 18.4. The number of carbonyl (C=O) groups is 1. The molecule has 100 valence electrons. The number of thiazole rings is 1. The summed E-state index contributed by atoms with van der Waals surface area (Å²) in [6.45, 7) is 6.19. The predicted molar refractivity (Wildman–Crippen MR) is 80.9 cm³/mol. The quantitative estimate of drug-likeness (QED) is 0.793. The standard InChI is InChI=1S/C15H18N2OS/c1-5-12-14(9-18)19-15(16-12)17(4)13-7-6-10(2)8-11(13)3/h6-9H,5H2,1-4H3. The van der Waals surface area contributed by atoms with E-state index >= 15 is 0 Å². The number of nitrogens with zero attached hydrogens (tertiary/aromatic N) is 2. The first-order valence-electron chi connectivity index (χ1n) is 6.32. The molecule has 0 bridgehead atoms. The van der Waals surface area contributed by atoms with Gasteiger partial charge in [0.1, 0.15) is 0 Å². The molecule has 0 N–H and O–H groups in total. The summed E-state index contributed by atoms with van der Waals surface area (Å²) in [5, 5.41) is 0.867. The Balaban J connectivity index is 2.40. The second kappa shape index (κ2) is 5.53. The predicted octanol–water partition coefficient (Wildman–Crippen LogP) is 3.90. The van der Waals surface area contributed by atoms with Crippen molar-refractivity contribution in [2.75, 3.05) is 11.9 Å². The second-order valence-corrected chi connectivity index (χ2v) is 5.64. The molecule has 0 atom stereocenters. The van der Waals surface area contributed by atoms with Crippen LogP contribution in [-0.4, -0.2) is 18.3 Å². The van der Waals surface area contributed by atoms with E-state index in [0.29, 0.717) is 0 Å². The summed E-state index contributed by atoms with van der Waals surface area (Å²) in [6.07, 6.45) is 1.68. The number of aromatic nitrogens is 1. The van der Waals surface area contributed by atoms with Gasteiger partial charge in [0.25, 0.3) is 0 Å². The van der Waals surface area contributed by atoms with Crippen molar-refractivity contribution in [2.24, 2.45) is 0 Å². The summed E-state index contributed by atoms with van der Waals surface area (Å²) in [5.74, 6) is 0. The van der Waals surface area contributed by atoms with Gasteiger partial charge < -0.3 is 4.90 Å². The molecular weight excluding hydrogens is 256 g/mol. The normalized spacial score (nSPS) is 10.5. The Morgan fingerprint density at radius 2 is 2.11 bits per heavy atom. The molecule has 0 unspecified atom stereocenters. The molecule has 2 rings (SSSR count). The zero-order valence-electron chi connectivity index (χ0n) is 11.7. The smallest absolute Gasteiger partial charge is 0.190 e. The monoisotopic (exact) mass is 274 g/mol. The van der Waals surface area contributed by atoms with Crippen LogP contribution in [0.4, 0.5) is 10.8 Å². The summed E-state index contributed by atoms with van der Waals surface area (Å²) in [5.41, 5.74) is 4.46. The third-order valence-electron chi connectivity index (χ3n) is 3.16. The van der Waals surface area contributed by atoms with Crippen molar-refractivity contribution < 1.29 is 4.79 Å². The van der Waals surface area contributed by atoms with E-state index in [9.17, 15) is 4.79 Å². The lowest BCUT2D eigenvalue weighted by Gasteiger charge is -2.18. The molecular formula is C15H18N2OS. The van der Waals surface area contributed by atoms with Crippen molar-refractivity contribution in [1.82, 2.24) is 4.98 Å². The van der Waals surface area contributed by atoms with E-state index in [1.54, 1.807) is 0 Å². The lowest BCUT2D eigenvalue weighted by atomic mass is 10.1. The van der Waals surface area contributed by atoms with Crippen LogP contribution in [-0.2, 0) is 6.42 Å². The first kappa shape index (κ1) is 13.7. The van der Waals surface area contributed by atoms with E-state index in [2.05, 4.69) is 37.0 Å². The maximum absolute atomic E-state index is 11.0. The number of carbonyl (C=O) groups excluding carboxylic acids is 1. The molecule has 0 spiro atoms. The van der Waals surface area contributed by atoms with Crippen LogP contribution in [0.25, 0.3) is 0 Å². The fourth-order valence-electron chi connectivity index (χ4n) is 2.12. The van der Waals surface area contributed by atoms with E-state index < -0.39 is 0 Å². The van der Waals surface area contributed by atoms with E-state index in [4.69, 9.17) is 0 Å². The van der Waals surface area contributed by atoms with Crippen LogP contribution in [0.1, 0.15) is 33.4 Å². The minimum atomic E-state index is 0.731. The van der Waals surface area contributed by atoms with Crippen LogP contribution in [0.15, 0.2) is 18.2 Å². The minimum absolute atomic E-state index is 0.731. The van der Waals surface area contributed by atoms with E-state index in [-0.39, 0.29) is 0 Å². The Hall–Kier alpha value is -1.68. The molecule has 0 aliphatic heterocycles. The highest BCUT2D eigenvalue weighted by Gasteiger charge is 2.14. The SMILES string of the molecule is CCc1nc(N(C)c2ccc(C)cc2C)sc1C=O. The van der Waals surface area contributed by atoms with Gasteiger partial charge in [-0.05, 0) is 31.9 Å². The molecule has 0 aliphatic carbocycles. The van der Waals surface area contributed by atoms with Crippen molar-refractivity contribution >= 4 is 28.4 Å². The second-order valence-electron chi connectivity index (χ2n) is 4.63. The number of hydrogen-bond donors (Lipinski definition) is 0. The highest BCUT2D eigenvalue weighted by Crippen LogP contribution is 2.32. The van der Waals surface area contributed by atoms with Crippen molar-refractivity contribution in [2.45, 2.75) is 27.2 Å². The minimum Gasteiger partial charge on any atom is -0.321 e. The molecule has 2 aromatic rings. The summed E-state index contributed by atoms with van der Waals surface area (Å²) in [6, 6.07) is 6.34. The van der Waals surface area contributed by atoms with Crippen molar-refractivity contribution in [3.63, 3.8) is 0 Å². The van der Waals surface area contributed by atoms with Gasteiger partial charge in [0.2, 0.25) is 0 Å². The third-order valence-corrected chi connectivity index (χ3v) is 4.26. The number of hydrogen-bond acceptors (Lipinski definition) is 4. The number of anilines is 2. The van der Waals surface area contributed by atoms with Crippen LogP contribution in [0, 0.1) is 13.8 Å². The average molecular weight is 274 g/mol. The fourth-order valence-corrected chi connectivity index (χ4v) is 3.07. The van der Waals surface area contributed by atoms with Gasteiger partial charge in [-0.3, -0.25) is 4.79 Å². The third kappa shape index (κ3) is 2.68. The number of aldehydes is 1. The molecule has 0 aliphatic rings. The molecule has 1 aromatic carbocycles. The van der Waals surface area contributed by atoms with Crippen molar-refractivity contribution in [1.29, 1.82) is 0 Å². The van der Waals surface area contributed by atoms with Gasteiger partial charge >= 0.3 is 0 Å². The Morgan fingerprint density at radius 1 is 1.37 bits per heavy atom. The molecule has 19 heavy (non-hydrogen) atoms. The van der Waals surface area contributed by atoms with E-state index in [1.165, 1.54) is 22.5 Å². The largest absolute Gasteiger partial charge is 0.321 e. The first-order valence-corrected chi connectivity index (χ1v) is 7.14. The molecule has 3 nitrogen and oxygen atoms in total. The summed E-state index contributed by atoms with van der Waals surface area (Å²) >= 11 is 1.45. The topological polar surface area (TPSA) is 33.2 Å². The molecule has 0 saturated carbocycles. The average Bonchev–Trinajstić information content (AvgIpc) is 2.81. The molecule has 1 heterocycles. The van der Waals surface area contributed by atoms with Gasteiger partial charge in [-0.15, -0.1) is 0 Å². The van der Waals surface area contributed by atoms with E-state index in [0.717, 1.165) is 34.1 Å². The fraction of sp³-hybridized carbons (Fsp3) is 0.333. The number of aryl methyl sites for hydroxylation is 3. The van der Waals surface area contributed by atoms with Crippen LogP contribution in [0.3, 0.4) is 0 Å². The maximum Gasteiger partial charge on any atom is 0.190 e. The Labute approximate surface area is 117 Å². The summed E-state index contributed by atoms with van der Waals surface area (Å²) < 4.78 is 0. The molecule has 0 amide bonds. The van der Waals surface area contributed by atoms with E-state index in [1.807, 2.05) is 18.9 Å². The van der Waals surface area contributed by atoms with Gasteiger partial charge in [0.05, 0.1) is 10.6 Å². The first-order chi connectivity index (χ1) is 9.06. The van der Waals surface area contributed by atoms with Gasteiger partial charge in [0, 0.05) is 12.7 Å². The van der Waals surface area contributed by atoms with Crippen LogP contribution in [0.5, 0.6) is 0 Å². The van der Waals surface area contributed by atoms with Gasteiger partial charge in [-0.1, -0.05) is 36.0 Å². The Bertz CT molecular complexity index is 604. The molecule has 0 fully saturated rings. The molecule has 0 radical (unpaired) electrons. The zero-order chi connectivity index (χ0) is 14.0. The van der Waals surface area contributed by atoms with Gasteiger partial charge in [-0.2, -0.15) is 0 Å². The van der Waals surface area contributed by atoms with Crippen LogP contribution >= 0.6 is 11.3 Å². The Kier molecular flexibility index (Phi) is 4.00. The van der Waals surface area contributed by atoms with Crippen LogP contribution < -0.4 is 4.90 Å². The molecule has 0 saturated heterocycles. The number of benzene rings is 1. The lowest BCUT2D eigenvalue weighted by molar-refractivity contribution is 0.112. The Morgan fingerprint density at radius 3 is 2.63 bits per heavy atom. The highest BCUT2D eigenvalue weighted by atomic mass is 32.1.